The number of hydrogen-bond acceptors (Lipinski definition) is 4. The van der Waals surface area contributed by atoms with Crippen molar-refractivity contribution in [2.24, 2.45) is 5.92 Å². The van der Waals surface area contributed by atoms with Crippen LogP contribution in [0.3, 0.4) is 0 Å². The van der Waals surface area contributed by atoms with Gasteiger partial charge in [-0.2, -0.15) is 0 Å². The Morgan fingerprint density at radius 3 is 2.47 bits per heavy atom. The Kier molecular flexibility index (Phi) is 5.99. The normalized spacial score (nSPS) is 24.5. The Bertz CT molecular complexity index is 1280. The largest absolute Gasteiger partial charge is 0.361 e. The summed E-state index contributed by atoms with van der Waals surface area (Å²) < 4.78 is -0.998. The monoisotopic (exact) mass is 502 g/mol. The maximum Gasteiger partial charge on any atom is 0.242 e. The molecule has 3 fully saturated rings. The lowest BCUT2D eigenvalue weighted by Crippen LogP contribution is -2.56. The van der Waals surface area contributed by atoms with E-state index in [0.29, 0.717) is 38.6 Å². The van der Waals surface area contributed by atoms with E-state index in [1.165, 1.54) is 11.8 Å². The molecule has 1 aliphatic carbocycles. The molecular weight excluding hydrogens is 472 g/mol. The molecule has 2 atom stereocenters. The van der Waals surface area contributed by atoms with Gasteiger partial charge in [-0.25, -0.2) is 0 Å². The number of nitrogens with one attached hydrogen (secondary N) is 1. The molecule has 3 heterocycles. The van der Waals surface area contributed by atoms with Crippen LogP contribution in [0.15, 0.2) is 65.7 Å². The topological polar surface area (TPSA) is 76.7 Å². The second-order valence-electron chi connectivity index (χ2n) is 10.1. The van der Waals surface area contributed by atoms with E-state index in [2.05, 4.69) is 11.1 Å². The molecule has 2 saturated heterocycles. The van der Waals surface area contributed by atoms with Crippen molar-refractivity contribution >= 4 is 40.9 Å². The zero-order valence-electron chi connectivity index (χ0n) is 20.1. The van der Waals surface area contributed by atoms with Gasteiger partial charge >= 0.3 is 0 Å². The Balaban J connectivity index is 1.48. The second-order valence-corrected chi connectivity index (χ2v) is 11.5. The third kappa shape index (κ3) is 4.07. The van der Waals surface area contributed by atoms with Crippen molar-refractivity contribution in [1.29, 1.82) is 0 Å². The van der Waals surface area contributed by atoms with Crippen LogP contribution in [0.1, 0.15) is 30.9 Å². The number of para-hydroxylation sites is 1. The minimum atomic E-state index is -0.998. The molecule has 2 aliphatic heterocycles. The molecule has 1 N–H and O–H groups in total. The maximum absolute atomic E-state index is 14.6. The number of fused-ring (bicyclic) bond motifs is 1. The van der Waals surface area contributed by atoms with Crippen LogP contribution in [-0.2, 0) is 14.4 Å². The summed E-state index contributed by atoms with van der Waals surface area (Å²) >= 11 is 1.53. The van der Waals surface area contributed by atoms with Crippen molar-refractivity contribution in [1.82, 2.24) is 19.7 Å². The zero-order chi connectivity index (χ0) is 24.7. The smallest absolute Gasteiger partial charge is 0.242 e. The Morgan fingerprint density at radius 1 is 1.03 bits per heavy atom. The van der Waals surface area contributed by atoms with Crippen LogP contribution >= 0.6 is 11.8 Å². The van der Waals surface area contributed by atoms with Gasteiger partial charge in [0.05, 0.1) is 12.5 Å². The van der Waals surface area contributed by atoms with E-state index in [9.17, 15) is 14.4 Å². The molecule has 2 aromatic carbocycles. The van der Waals surface area contributed by atoms with Crippen molar-refractivity contribution in [2.45, 2.75) is 34.9 Å². The van der Waals surface area contributed by atoms with Gasteiger partial charge in [-0.3, -0.25) is 14.4 Å². The number of thioether (sulfide) groups is 1. The molecule has 6 rings (SSSR count). The van der Waals surface area contributed by atoms with Crippen molar-refractivity contribution in [2.75, 3.05) is 32.7 Å². The summed E-state index contributed by atoms with van der Waals surface area (Å²) in [5.41, 5.74) is 2.00. The van der Waals surface area contributed by atoms with Crippen molar-refractivity contribution in [3.8, 4) is 0 Å². The highest BCUT2D eigenvalue weighted by atomic mass is 32.2. The van der Waals surface area contributed by atoms with Gasteiger partial charge in [-0.05, 0) is 37.0 Å². The zero-order valence-corrected chi connectivity index (χ0v) is 21.0. The van der Waals surface area contributed by atoms with E-state index in [0.717, 1.165) is 40.6 Å². The van der Waals surface area contributed by atoms with Gasteiger partial charge in [0.25, 0.3) is 0 Å². The van der Waals surface area contributed by atoms with Gasteiger partial charge < -0.3 is 19.7 Å². The van der Waals surface area contributed by atoms with E-state index in [-0.39, 0.29) is 24.3 Å². The Labute approximate surface area is 214 Å². The average Bonchev–Trinajstić information content (AvgIpc) is 3.58. The van der Waals surface area contributed by atoms with Crippen molar-refractivity contribution < 1.29 is 14.4 Å². The predicted molar refractivity (Wildman–Crippen MR) is 139 cm³/mol. The van der Waals surface area contributed by atoms with Gasteiger partial charge in [0.2, 0.25) is 18.2 Å². The minimum absolute atomic E-state index is 0.0103. The van der Waals surface area contributed by atoms with E-state index >= 15 is 0 Å². The molecule has 0 radical (unpaired) electrons. The number of amides is 3. The number of H-pyrrole nitrogens is 1. The number of likely N-dealkylation sites (tertiary alicyclic amines) is 1. The third-order valence-electron chi connectivity index (χ3n) is 7.71. The summed E-state index contributed by atoms with van der Waals surface area (Å²) in [4.78, 5) is 49.5. The van der Waals surface area contributed by atoms with E-state index in [4.69, 9.17) is 0 Å². The lowest BCUT2D eigenvalue weighted by molar-refractivity contribution is -0.138. The molecule has 3 aliphatic rings. The lowest BCUT2D eigenvalue weighted by atomic mass is 9.90. The van der Waals surface area contributed by atoms with Gasteiger partial charge in [-0.15, -0.1) is 11.8 Å². The van der Waals surface area contributed by atoms with Crippen LogP contribution in [0, 0.1) is 5.92 Å². The molecular formula is C28H30N4O3S. The van der Waals surface area contributed by atoms with Crippen LogP contribution < -0.4 is 0 Å². The third-order valence-corrected chi connectivity index (χ3v) is 9.13. The van der Waals surface area contributed by atoms with E-state index < -0.39 is 4.75 Å². The number of aromatic amines is 1. The van der Waals surface area contributed by atoms with Crippen LogP contribution in [-0.4, -0.2) is 75.4 Å². The number of piperazine rings is 1. The first-order chi connectivity index (χ1) is 17.6. The molecule has 186 valence electrons. The fourth-order valence-corrected chi connectivity index (χ4v) is 7.16. The highest BCUT2D eigenvalue weighted by molar-refractivity contribution is 8.01. The number of rotatable bonds is 7. The Hall–Kier alpha value is -3.26. The van der Waals surface area contributed by atoms with Gasteiger partial charge in [-0.1, -0.05) is 36.4 Å². The Morgan fingerprint density at radius 2 is 1.75 bits per heavy atom. The number of carbonyl (C=O) groups excluding carboxylic acids is 3. The SMILES string of the molecule is O=CN1CCN(C(=O)[C@]2(Sc3ccccc3)CC(=O)N(CC3CC3)C2c2c[nH]c3ccccc23)CC1. The average molecular weight is 503 g/mol. The number of hydrogen-bond donors (Lipinski definition) is 1. The number of benzene rings is 2. The summed E-state index contributed by atoms with van der Waals surface area (Å²) in [6.07, 6.45) is 5.26. The van der Waals surface area contributed by atoms with Crippen molar-refractivity contribution in [3.63, 3.8) is 0 Å². The van der Waals surface area contributed by atoms with Crippen LogP contribution in [0.4, 0.5) is 0 Å². The summed E-state index contributed by atoms with van der Waals surface area (Å²) in [6, 6.07) is 17.7. The first kappa shape index (κ1) is 23.2. The van der Waals surface area contributed by atoms with E-state index in [1.807, 2.05) is 64.5 Å². The highest BCUT2D eigenvalue weighted by Gasteiger charge is 2.60. The lowest BCUT2D eigenvalue weighted by Gasteiger charge is -2.42. The fraction of sp³-hybridized carbons (Fsp3) is 0.393. The highest BCUT2D eigenvalue weighted by Crippen LogP contribution is 2.55. The molecule has 0 spiro atoms. The summed E-state index contributed by atoms with van der Waals surface area (Å²) in [7, 11) is 0. The number of aromatic nitrogens is 1. The molecule has 3 amide bonds. The molecule has 0 bridgehead atoms. The molecule has 3 aromatic rings. The molecule has 1 aromatic heterocycles. The van der Waals surface area contributed by atoms with Crippen LogP contribution in [0.2, 0.25) is 0 Å². The summed E-state index contributed by atoms with van der Waals surface area (Å²) in [5.74, 6) is 0.537. The second kappa shape index (κ2) is 9.32. The quantitative estimate of drug-likeness (QED) is 0.500. The maximum atomic E-state index is 14.6. The molecule has 7 nitrogen and oxygen atoms in total. The molecule has 1 unspecified atom stereocenters. The molecule has 1 saturated carbocycles. The fourth-order valence-electron chi connectivity index (χ4n) is 5.67. The van der Waals surface area contributed by atoms with Gasteiger partial charge in [0.15, 0.2) is 0 Å². The van der Waals surface area contributed by atoms with Gasteiger partial charge in [0, 0.05) is 60.3 Å². The van der Waals surface area contributed by atoms with E-state index in [1.54, 1.807) is 4.90 Å². The minimum Gasteiger partial charge on any atom is -0.361 e. The van der Waals surface area contributed by atoms with Crippen LogP contribution in [0.25, 0.3) is 10.9 Å². The summed E-state index contributed by atoms with van der Waals surface area (Å²) in [5, 5.41) is 1.05. The summed E-state index contributed by atoms with van der Waals surface area (Å²) in [6.45, 7) is 2.67. The van der Waals surface area contributed by atoms with Gasteiger partial charge in [0.1, 0.15) is 4.75 Å². The molecule has 36 heavy (non-hydrogen) atoms. The van der Waals surface area contributed by atoms with Crippen molar-refractivity contribution in [3.05, 3.63) is 66.4 Å². The standard InChI is InChI=1S/C28H30N4O3S/c33-19-30-12-14-31(15-13-30)27(35)28(36-21-6-2-1-3-7-21)16-25(34)32(18-20-10-11-20)26(28)23-17-29-24-9-5-4-8-22(23)24/h1-9,17,19-20,26,29H,10-16,18H2/t26?,28-/m0/s1. The predicted octanol–water partition coefficient (Wildman–Crippen LogP) is 3.68. The van der Waals surface area contributed by atoms with Crippen LogP contribution in [0.5, 0.6) is 0 Å². The number of nitrogens with zero attached hydrogens (tertiary/aromatic N) is 3. The molecule has 8 heteroatoms. The number of carbonyl (C=O) groups is 3. The first-order valence-corrected chi connectivity index (χ1v) is 13.5. The first-order valence-electron chi connectivity index (χ1n) is 12.7.